The van der Waals surface area contributed by atoms with Crippen LogP contribution in [0.5, 0.6) is 0 Å². The highest BCUT2D eigenvalue weighted by molar-refractivity contribution is 5.88. The van der Waals surface area contributed by atoms with Crippen LogP contribution in [0.4, 0.5) is 0 Å². The predicted octanol–water partition coefficient (Wildman–Crippen LogP) is 1.44. The van der Waals surface area contributed by atoms with Crippen LogP contribution in [-0.2, 0) is 14.4 Å². The van der Waals surface area contributed by atoms with E-state index in [9.17, 15) is 29.7 Å². The molecule has 0 amide bonds. The molecule has 3 N–H and O–H groups in total. The van der Waals surface area contributed by atoms with E-state index in [1.165, 1.54) is 0 Å². The Labute approximate surface area is 114 Å². The maximum absolute atomic E-state index is 11.4. The Hall–Kier alpha value is -2.37. The van der Waals surface area contributed by atoms with Gasteiger partial charge in [-0.2, -0.15) is 0 Å². The van der Waals surface area contributed by atoms with Crippen LogP contribution in [0.1, 0.15) is 34.9 Å². The zero-order chi connectivity index (χ0) is 15.0. The van der Waals surface area contributed by atoms with Gasteiger partial charge in [0.1, 0.15) is 0 Å². The van der Waals surface area contributed by atoms with E-state index >= 15 is 0 Å². The second-order valence-electron chi connectivity index (χ2n) is 5.02. The molecule has 1 aliphatic carbocycles. The number of aryl methyl sites for hydroxylation is 1. The molecule has 3 unspecified atom stereocenters. The number of aliphatic carboxylic acids is 3. The standard InChI is InChI=1S/C14H14O6/c1-6-2-3-7-8(4-6)11(14(19)20)10(13(17)18)5-9(7)12(15)16/h2-4,9-11H,5H2,1H3,(H,15,16)(H,17,18)(H,19,20). The fraction of sp³-hybridized carbons (Fsp3) is 0.357. The summed E-state index contributed by atoms with van der Waals surface area (Å²) in [6.45, 7) is 1.75. The molecule has 6 heteroatoms. The normalized spacial score (nSPS) is 24.8. The molecule has 0 aliphatic heterocycles. The van der Waals surface area contributed by atoms with Crippen molar-refractivity contribution in [3.05, 3.63) is 34.9 Å². The maximum atomic E-state index is 11.4. The summed E-state index contributed by atoms with van der Waals surface area (Å²) >= 11 is 0. The molecule has 3 atom stereocenters. The van der Waals surface area contributed by atoms with Crippen LogP contribution in [0, 0.1) is 12.8 Å². The van der Waals surface area contributed by atoms with E-state index in [0.29, 0.717) is 11.1 Å². The van der Waals surface area contributed by atoms with E-state index in [1.807, 2.05) is 0 Å². The number of rotatable bonds is 3. The molecule has 0 fully saturated rings. The first-order chi connectivity index (χ1) is 9.32. The average Bonchev–Trinajstić information content (AvgIpc) is 2.35. The van der Waals surface area contributed by atoms with Gasteiger partial charge in [-0.05, 0) is 24.5 Å². The Bertz CT molecular complexity index is 591. The van der Waals surface area contributed by atoms with Gasteiger partial charge in [0.15, 0.2) is 0 Å². The van der Waals surface area contributed by atoms with E-state index < -0.39 is 35.7 Å². The molecule has 0 aromatic heterocycles. The highest BCUT2D eigenvalue weighted by Crippen LogP contribution is 2.43. The van der Waals surface area contributed by atoms with Gasteiger partial charge in [0.2, 0.25) is 0 Å². The highest BCUT2D eigenvalue weighted by atomic mass is 16.4. The Morgan fingerprint density at radius 1 is 1.00 bits per heavy atom. The third kappa shape index (κ3) is 2.24. The number of benzene rings is 1. The molecule has 0 saturated carbocycles. The van der Waals surface area contributed by atoms with Gasteiger partial charge in [0, 0.05) is 0 Å². The predicted molar refractivity (Wildman–Crippen MR) is 67.7 cm³/mol. The van der Waals surface area contributed by atoms with Crippen LogP contribution in [0.3, 0.4) is 0 Å². The molecule has 0 radical (unpaired) electrons. The highest BCUT2D eigenvalue weighted by Gasteiger charge is 2.45. The summed E-state index contributed by atoms with van der Waals surface area (Å²) in [6.07, 6.45) is -0.211. The number of carboxylic acid groups (broad SMARTS) is 3. The molecular weight excluding hydrogens is 264 g/mol. The first-order valence-electron chi connectivity index (χ1n) is 6.11. The number of carboxylic acids is 3. The lowest BCUT2D eigenvalue weighted by Gasteiger charge is -2.32. The summed E-state index contributed by atoms with van der Waals surface area (Å²) in [5.74, 6) is -7.09. The quantitative estimate of drug-likeness (QED) is 0.771. The van der Waals surface area contributed by atoms with Crippen molar-refractivity contribution in [2.24, 2.45) is 5.92 Å². The molecule has 106 valence electrons. The fourth-order valence-corrected chi connectivity index (χ4v) is 2.80. The van der Waals surface area contributed by atoms with Crippen LogP contribution < -0.4 is 0 Å². The van der Waals surface area contributed by atoms with Crippen molar-refractivity contribution >= 4 is 17.9 Å². The SMILES string of the molecule is Cc1ccc2c(c1)C(C(=O)O)C(C(=O)O)CC2C(=O)O. The topological polar surface area (TPSA) is 112 Å². The molecule has 1 aromatic rings. The van der Waals surface area contributed by atoms with Crippen LogP contribution >= 0.6 is 0 Å². The van der Waals surface area contributed by atoms with Crippen LogP contribution in [0.15, 0.2) is 18.2 Å². The molecular formula is C14H14O6. The van der Waals surface area contributed by atoms with Gasteiger partial charge in [-0.1, -0.05) is 23.8 Å². The molecule has 0 bridgehead atoms. The molecule has 20 heavy (non-hydrogen) atoms. The summed E-state index contributed by atoms with van der Waals surface area (Å²) in [5.41, 5.74) is 1.46. The minimum absolute atomic E-state index is 0.211. The Morgan fingerprint density at radius 2 is 1.65 bits per heavy atom. The largest absolute Gasteiger partial charge is 0.481 e. The fourth-order valence-electron chi connectivity index (χ4n) is 2.80. The van der Waals surface area contributed by atoms with Crippen molar-refractivity contribution in [3.8, 4) is 0 Å². The van der Waals surface area contributed by atoms with Crippen molar-refractivity contribution in [2.45, 2.75) is 25.2 Å². The van der Waals surface area contributed by atoms with E-state index in [-0.39, 0.29) is 6.42 Å². The minimum Gasteiger partial charge on any atom is -0.481 e. The Morgan fingerprint density at radius 3 is 2.15 bits per heavy atom. The monoisotopic (exact) mass is 278 g/mol. The molecule has 2 rings (SSSR count). The van der Waals surface area contributed by atoms with Crippen molar-refractivity contribution in [1.82, 2.24) is 0 Å². The maximum Gasteiger partial charge on any atom is 0.311 e. The molecule has 6 nitrogen and oxygen atoms in total. The van der Waals surface area contributed by atoms with E-state index in [0.717, 1.165) is 5.56 Å². The van der Waals surface area contributed by atoms with Crippen molar-refractivity contribution in [2.75, 3.05) is 0 Å². The Balaban J connectivity index is 2.65. The number of fused-ring (bicyclic) bond motifs is 1. The lowest BCUT2D eigenvalue weighted by Crippen LogP contribution is -2.36. The Kier molecular flexibility index (Phi) is 3.48. The lowest BCUT2D eigenvalue weighted by molar-refractivity contribution is -0.152. The first kappa shape index (κ1) is 14.0. The molecule has 1 aromatic carbocycles. The minimum atomic E-state index is -1.28. The average molecular weight is 278 g/mol. The zero-order valence-corrected chi connectivity index (χ0v) is 10.7. The van der Waals surface area contributed by atoms with Crippen molar-refractivity contribution in [1.29, 1.82) is 0 Å². The van der Waals surface area contributed by atoms with E-state index in [2.05, 4.69) is 0 Å². The van der Waals surface area contributed by atoms with Crippen LogP contribution in [-0.4, -0.2) is 33.2 Å². The number of carbonyl (C=O) groups is 3. The lowest BCUT2D eigenvalue weighted by atomic mass is 9.70. The smallest absolute Gasteiger partial charge is 0.311 e. The molecule has 0 spiro atoms. The number of hydrogen-bond acceptors (Lipinski definition) is 3. The summed E-state index contributed by atoms with van der Waals surface area (Å²) in [4.78, 5) is 34.0. The summed E-state index contributed by atoms with van der Waals surface area (Å²) in [6, 6.07) is 4.85. The number of hydrogen-bond donors (Lipinski definition) is 3. The van der Waals surface area contributed by atoms with E-state index in [4.69, 9.17) is 0 Å². The van der Waals surface area contributed by atoms with Gasteiger partial charge in [-0.25, -0.2) is 0 Å². The molecule has 0 saturated heterocycles. The van der Waals surface area contributed by atoms with Gasteiger partial charge >= 0.3 is 17.9 Å². The molecule has 1 aliphatic rings. The third-order valence-corrected chi connectivity index (χ3v) is 3.73. The van der Waals surface area contributed by atoms with Gasteiger partial charge in [0.25, 0.3) is 0 Å². The van der Waals surface area contributed by atoms with Gasteiger partial charge in [-0.15, -0.1) is 0 Å². The van der Waals surface area contributed by atoms with Gasteiger partial charge < -0.3 is 15.3 Å². The van der Waals surface area contributed by atoms with Gasteiger partial charge in [0.05, 0.1) is 17.8 Å². The second-order valence-corrected chi connectivity index (χ2v) is 5.02. The van der Waals surface area contributed by atoms with Crippen molar-refractivity contribution in [3.63, 3.8) is 0 Å². The first-order valence-corrected chi connectivity index (χ1v) is 6.11. The third-order valence-electron chi connectivity index (χ3n) is 3.73. The summed E-state index contributed by atoms with van der Waals surface area (Å²) < 4.78 is 0. The second kappa shape index (κ2) is 4.96. The summed E-state index contributed by atoms with van der Waals surface area (Å²) in [7, 11) is 0. The van der Waals surface area contributed by atoms with Crippen LogP contribution in [0.25, 0.3) is 0 Å². The summed E-state index contributed by atoms with van der Waals surface area (Å²) in [5, 5.41) is 27.7. The molecule has 0 heterocycles. The zero-order valence-electron chi connectivity index (χ0n) is 10.7. The van der Waals surface area contributed by atoms with Crippen LogP contribution in [0.2, 0.25) is 0 Å². The van der Waals surface area contributed by atoms with E-state index in [1.54, 1.807) is 25.1 Å². The van der Waals surface area contributed by atoms with Crippen molar-refractivity contribution < 1.29 is 29.7 Å². The van der Waals surface area contributed by atoms with Gasteiger partial charge in [-0.3, -0.25) is 14.4 Å².